The SMILES string of the molecule is COC(=O)c1c(NC(=S)NC(=O)c2cccs2)sc2c1CCCCC2. The molecule has 25 heavy (non-hydrogen) atoms. The Labute approximate surface area is 159 Å². The molecule has 5 nitrogen and oxygen atoms in total. The molecule has 0 spiro atoms. The molecule has 0 fully saturated rings. The molecule has 0 radical (unpaired) electrons. The molecule has 132 valence electrons. The van der Waals surface area contributed by atoms with Crippen molar-refractivity contribution < 1.29 is 14.3 Å². The smallest absolute Gasteiger partial charge is 0.341 e. The number of carbonyl (C=O) groups is 2. The van der Waals surface area contributed by atoms with Crippen molar-refractivity contribution in [3.63, 3.8) is 0 Å². The third-order valence-corrected chi connectivity index (χ3v) is 6.29. The maximum absolute atomic E-state index is 12.3. The zero-order chi connectivity index (χ0) is 17.8. The van der Waals surface area contributed by atoms with Crippen molar-refractivity contribution in [2.24, 2.45) is 0 Å². The van der Waals surface area contributed by atoms with Gasteiger partial charge in [0.25, 0.3) is 5.91 Å². The van der Waals surface area contributed by atoms with Crippen LogP contribution in [0, 0.1) is 0 Å². The summed E-state index contributed by atoms with van der Waals surface area (Å²) in [6, 6.07) is 3.54. The van der Waals surface area contributed by atoms with E-state index in [0.29, 0.717) is 15.4 Å². The topological polar surface area (TPSA) is 67.4 Å². The molecule has 1 aliphatic rings. The molecule has 2 N–H and O–H groups in total. The molecule has 1 aliphatic carbocycles. The molecule has 0 atom stereocenters. The van der Waals surface area contributed by atoms with E-state index in [0.717, 1.165) is 31.2 Å². The number of hydrogen-bond donors (Lipinski definition) is 2. The van der Waals surface area contributed by atoms with Crippen LogP contribution in [0.5, 0.6) is 0 Å². The number of anilines is 1. The van der Waals surface area contributed by atoms with Gasteiger partial charge in [0.15, 0.2) is 5.11 Å². The monoisotopic (exact) mass is 394 g/mol. The quantitative estimate of drug-likeness (QED) is 0.468. The summed E-state index contributed by atoms with van der Waals surface area (Å²) < 4.78 is 4.96. The van der Waals surface area contributed by atoms with Gasteiger partial charge in [-0.25, -0.2) is 4.79 Å². The van der Waals surface area contributed by atoms with Gasteiger partial charge in [-0.05, 0) is 54.9 Å². The Morgan fingerprint density at radius 1 is 1.24 bits per heavy atom. The zero-order valence-electron chi connectivity index (χ0n) is 13.7. The average Bonchev–Trinajstić information content (AvgIpc) is 3.18. The molecule has 0 aromatic carbocycles. The number of fused-ring (bicyclic) bond motifs is 1. The second kappa shape index (κ2) is 8.07. The van der Waals surface area contributed by atoms with Crippen molar-refractivity contribution in [2.75, 3.05) is 12.4 Å². The highest BCUT2D eigenvalue weighted by Gasteiger charge is 2.26. The Balaban J connectivity index is 1.80. The molecular weight excluding hydrogens is 376 g/mol. The van der Waals surface area contributed by atoms with Gasteiger partial charge < -0.3 is 10.1 Å². The highest BCUT2D eigenvalue weighted by atomic mass is 32.1. The fraction of sp³-hybridized carbons (Fsp3) is 0.353. The van der Waals surface area contributed by atoms with Crippen molar-refractivity contribution >= 4 is 56.9 Å². The number of thiophene rings is 2. The van der Waals surface area contributed by atoms with Crippen LogP contribution in [0.2, 0.25) is 0 Å². The lowest BCUT2D eigenvalue weighted by Crippen LogP contribution is -2.33. The van der Waals surface area contributed by atoms with Crippen molar-refractivity contribution in [2.45, 2.75) is 32.1 Å². The molecule has 0 saturated heterocycles. The van der Waals surface area contributed by atoms with E-state index in [-0.39, 0.29) is 17.0 Å². The zero-order valence-corrected chi connectivity index (χ0v) is 16.2. The molecule has 0 unspecified atom stereocenters. The first kappa shape index (κ1) is 18.0. The van der Waals surface area contributed by atoms with Crippen molar-refractivity contribution in [3.05, 3.63) is 38.4 Å². The molecule has 1 amide bonds. The molecule has 3 rings (SSSR count). The van der Waals surface area contributed by atoms with Crippen LogP contribution < -0.4 is 10.6 Å². The minimum absolute atomic E-state index is 0.181. The van der Waals surface area contributed by atoms with Crippen LogP contribution in [-0.2, 0) is 17.6 Å². The summed E-state index contributed by atoms with van der Waals surface area (Å²) in [5.41, 5.74) is 1.61. The summed E-state index contributed by atoms with van der Waals surface area (Å²) >= 11 is 8.12. The van der Waals surface area contributed by atoms with E-state index in [4.69, 9.17) is 17.0 Å². The molecular formula is C17H18N2O3S3. The number of rotatable bonds is 3. The van der Waals surface area contributed by atoms with Crippen LogP contribution in [-0.4, -0.2) is 24.1 Å². The third-order valence-electron chi connectivity index (χ3n) is 4.01. The Morgan fingerprint density at radius 3 is 2.76 bits per heavy atom. The van der Waals surface area contributed by atoms with Crippen molar-refractivity contribution in [1.82, 2.24) is 5.32 Å². The van der Waals surface area contributed by atoms with Gasteiger partial charge in [0.1, 0.15) is 5.00 Å². The van der Waals surface area contributed by atoms with Crippen LogP contribution in [0.15, 0.2) is 17.5 Å². The van der Waals surface area contributed by atoms with Gasteiger partial charge >= 0.3 is 5.97 Å². The summed E-state index contributed by atoms with van der Waals surface area (Å²) in [5.74, 6) is -0.625. The summed E-state index contributed by atoms with van der Waals surface area (Å²) in [6.07, 6.45) is 5.17. The maximum Gasteiger partial charge on any atom is 0.341 e. The number of thiocarbonyl (C=S) groups is 1. The second-order valence-electron chi connectivity index (χ2n) is 5.65. The molecule has 2 aromatic rings. The standard InChI is InChI=1S/C17H18N2O3S3/c1-22-16(21)13-10-6-3-2-4-7-11(10)25-15(13)19-17(23)18-14(20)12-8-5-9-24-12/h5,8-9H,2-4,6-7H2,1H3,(H2,18,19,20,23). The first-order chi connectivity index (χ1) is 12.1. The van der Waals surface area contributed by atoms with E-state index in [1.165, 1.54) is 41.1 Å². The van der Waals surface area contributed by atoms with Crippen LogP contribution in [0.25, 0.3) is 0 Å². The Kier molecular flexibility index (Phi) is 5.82. The largest absolute Gasteiger partial charge is 0.465 e. The fourth-order valence-electron chi connectivity index (χ4n) is 2.86. The molecule has 8 heteroatoms. The normalized spacial score (nSPS) is 13.5. The summed E-state index contributed by atoms with van der Waals surface area (Å²) in [4.78, 5) is 26.2. The maximum atomic E-state index is 12.3. The van der Waals surface area contributed by atoms with Crippen LogP contribution in [0.4, 0.5) is 5.00 Å². The Hall–Kier alpha value is -1.77. The third kappa shape index (κ3) is 4.08. The minimum Gasteiger partial charge on any atom is -0.465 e. The van der Waals surface area contributed by atoms with Crippen LogP contribution in [0.1, 0.15) is 49.7 Å². The van der Waals surface area contributed by atoms with Crippen LogP contribution in [0.3, 0.4) is 0 Å². The summed E-state index contributed by atoms with van der Waals surface area (Å²) in [5, 5.41) is 8.33. The van der Waals surface area contributed by atoms with E-state index < -0.39 is 0 Å². The van der Waals surface area contributed by atoms with E-state index in [1.807, 2.05) is 11.4 Å². The molecule has 2 aromatic heterocycles. The van der Waals surface area contributed by atoms with Gasteiger partial charge in [-0.3, -0.25) is 10.1 Å². The highest BCUT2D eigenvalue weighted by molar-refractivity contribution is 7.80. The average molecular weight is 395 g/mol. The first-order valence-corrected chi connectivity index (χ1v) is 10.1. The number of nitrogens with one attached hydrogen (secondary N) is 2. The molecule has 0 bridgehead atoms. The second-order valence-corrected chi connectivity index (χ2v) is 8.11. The Bertz CT molecular complexity index is 796. The van der Waals surface area contributed by atoms with Gasteiger partial charge in [0.05, 0.1) is 17.6 Å². The van der Waals surface area contributed by atoms with Gasteiger partial charge in [-0.1, -0.05) is 12.5 Å². The Morgan fingerprint density at radius 2 is 2.04 bits per heavy atom. The van der Waals surface area contributed by atoms with Crippen molar-refractivity contribution in [3.8, 4) is 0 Å². The van der Waals surface area contributed by atoms with Gasteiger partial charge in [0, 0.05) is 4.88 Å². The van der Waals surface area contributed by atoms with E-state index >= 15 is 0 Å². The number of aryl methyl sites for hydroxylation is 1. The lowest BCUT2D eigenvalue weighted by atomic mass is 10.1. The molecule has 2 heterocycles. The summed E-state index contributed by atoms with van der Waals surface area (Å²) in [6.45, 7) is 0. The number of methoxy groups -OCH3 is 1. The number of hydrogen-bond acceptors (Lipinski definition) is 6. The van der Waals surface area contributed by atoms with Gasteiger partial charge in [0.2, 0.25) is 0 Å². The van der Waals surface area contributed by atoms with E-state index in [1.54, 1.807) is 6.07 Å². The molecule has 0 saturated carbocycles. The lowest BCUT2D eigenvalue weighted by molar-refractivity contribution is 0.0601. The number of amides is 1. The predicted octanol–water partition coefficient (Wildman–Crippen LogP) is 3.99. The number of ether oxygens (including phenoxy) is 1. The van der Waals surface area contributed by atoms with Crippen LogP contribution >= 0.6 is 34.9 Å². The highest BCUT2D eigenvalue weighted by Crippen LogP contribution is 2.37. The van der Waals surface area contributed by atoms with Crippen molar-refractivity contribution in [1.29, 1.82) is 0 Å². The number of esters is 1. The van der Waals surface area contributed by atoms with E-state index in [2.05, 4.69) is 10.6 Å². The number of carbonyl (C=O) groups excluding carboxylic acids is 2. The van der Waals surface area contributed by atoms with Gasteiger partial charge in [-0.15, -0.1) is 22.7 Å². The summed E-state index contributed by atoms with van der Waals surface area (Å²) in [7, 11) is 1.38. The first-order valence-electron chi connectivity index (χ1n) is 7.99. The lowest BCUT2D eigenvalue weighted by Gasteiger charge is -2.10. The van der Waals surface area contributed by atoms with E-state index in [9.17, 15) is 9.59 Å². The fourth-order valence-corrected chi connectivity index (χ4v) is 5.02. The minimum atomic E-state index is -0.366. The predicted molar refractivity (Wildman–Crippen MR) is 105 cm³/mol. The molecule has 0 aliphatic heterocycles. The van der Waals surface area contributed by atoms with Gasteiger partial charge in [-0.2, -0.15) is 0 Å².